The quantitative estimate of drug-likeness (QED) is 0.798. The lowest BCUT2D eigenvalue weighted by molar-refractivity contribution is -0.0920. The number of fused-ring (bicyclic) bond motifs is 3. The van der Waals surface area contributed by atoms with Crippen molar-refractivity contribution in [1.82, 2.24) is 9.97 Å². The van der Waals surface area contributed by atoms with Gasteiger partial charge in [0.05, 0.1) is 11.2 Å². The van der Waals surface area contributed by atoms with Crippen LogP contribution in [0.4, 0.5) is 5.82 Å². The first-order chi connectivity index (χ1) is 11.8. The summed E-state index contributed by atoms with van der Waals surface area (Å²) in [5.74, 6) is 1.55. The third-order valence-electron chi connectivity index (χ3n) is 6.99. The second kappa shape index (κ2) is 5.76. The summed E-state index contributed by atoms with van der Waals surface area (Å²) in [7, 11) is 0. The van der Waals surface area contributed by atoms with E-state index >= 15 is 0 Å². The van der Waals surface area contributed by atoms with Crippen LogP contribution in [0.5, 0.6) is 0 Å². The Kier molecular flexibility index (Phi) is 3.91. The van der Waals surface area contributed by atoms with Crippen LogP contribution in [0.2, 0.25) is 0 Å². The average molecular weight is 343 g/mol. The van der Waals surface area contributed by atoms with E-state index in [2.05, 4.69) is 17.2 Å². The molecule has 0 aromatic carbocycles. The molecule has 0 unspecified atom stereocenters. The van der Waals surface area contributed by atoms with Gasteiger partial charge in [-0.2, -0.15) is 0 Å². The number of hydrogen-bond acceptors (Lipinski definition) is 5. The van der Waals surface area contributed by atoms with Gasteiger partial charge in [0.15, 0.2) is 5.78 Å². The van der Waals surface area contributed by atoms with Crippen LogP contribution in [0.3, 0.4) is 0 Å². The van der Waals surface area contributed by atoms with Crippen molar-refractivity contribution in [3.8, 4) is 0 Å². The summed E-state index contributed by atoms with van der Waals surface area (Å²) in [5, 5.41) is 13.9. The first-order valence-electron chi connectivity index (χ1n) is 9.68. The molecule has 5 heteroatoms. The number of aliphatic hydroxyl groups is 1. The summed E-state index contributed by atoms with van der Waals surface area (Å²) in [6, 6.07) is 0. The molecule has 1 aromatic rings. The average Bonchev–Trinajstić information content (AvgIpc) is 2.55. The highest BCUT2D eigenvalue weighted by atomic mass is 16.3. The smallest absolute Gasteiger partial charge is 0.165 e. The molecule has 0 radical (unpaired) electrons. The molecule has 25 heavy (non-hydrogen) atoms. The van der Waals surface area contributed by atoms with Crippen molar-refractivity contribution in [3.05, 3.63) is 17.6 Å². The molecule has 1 aromatic heterocycles. The molecule has 2 bridgehead atoms. The predicted molar refractivity (Wildman–Crippen MR) is 96.7 cm³/mol. The number of Topliss-reactive ketones (excluding diaryl/α,β-unsaturated/α-hetero) is 1. The van der Waals surface area contributed by atoms with Crippen LogP contribution in [0.25, 0.3) is 0 Å². The van der Waals surface area contributed by atoms with E-state index in [4.69, 9.17) is 4.98 Å². The second-order valence-corrected chi connectivity index (χ2v) is 9.05. The van der Waals surface area contributed by atoms with Crippen molar-refractivity contribution in [1.29, 1.82) is 0 Å². The van der Waals surface area contributed by atoms with E-state index in [0.29, 0.717) is 11.4 Å². The molecule has 4 aliphatic carbocycles. The highest BCUT2D eigenvalue weighted by Crippen LogP contribution is 2.53. The van der Waals surface area contributed by atoms with Crippen LogP contribution in [-0.2, 0) is 6.42 Å². The molecule has 4 saturated carbocycles. The van der Waals surface area contributed by atoms with Gasteiger partial charge >= 0.3 is 0 Å². The van der Waals surface area contributed by atoms with Crippen LogP contribution >= 0.6 is 0 Å². The third-order valence-corrected chi connectivity index (χ3v) is 6.99. The highest BCUT2D eigenvalue weighted by molar-refractivity contribution is 5.98. The Morgan fingerprint density at radius 2 is 1.80 bits per heavy atom. The number of anilines is 1. The van der Waals surface area contributed by atoms with Gasteiger partial charge in [0.1, 0.15) is 11.6 Å². The normalized spacial score (nSPS) is 32.9. The monoisotopic (exact) mass is 343 g/mol. The van der Waals surface area contributed by atoms with Gasteiger partial charge in [-0.05, 0) is 77.0 Å². The molecule has 136 valence electrons. The van der Waals surface area contributed by atoms with E-state index < -0.39 is 5.60 Å². The van der Waals surface area contributed by atoms with Gasteiger partial charge in [0, 0.05) is 18.2 Å². The van der Waals surface area contributed by atoms with E-state index in [0.717, 1.165) is 63.6 Å². The van der Waals surface area contributed by atoms with E-state index in [1.165, 1.54) is 6.42 Å². The number of nitrogens with zero attached hydrogens (tertiary/aromatic N) is 2. The van der Waals surface area contributed by atoms with Crippen molar-refractivity contribution in [2.24, 2.45) is 5.41 Å². The van der Waals surface area contributed by atoms with Crippen molar-refractivity contribution in [2.75, 3.05) is 5.32 Å². The fourth-order valence-electron chi connectivity index (χ4n) is 4.82. The Labute approximate surface area is 149 Å². The van der Waals surface area contributed by atoms with E-state index in [1.54, 1.807) is 13.1 Å². The SMILES string of the molecule is CC(=O)c1cnc(CC23CCC(O)(CC2)CC3)nc1NC1(C)CCC1. The zero-order valence-corrected chi connectivity index (χ0v) is 15.4. The van der Waals surface area contributed by atoms with Gasteiger partial charge in [0.25, 0.3) is 0 Å². The Hall–Kier alpha value is -1.49. The summed E-state index contributed by atoms with van der Waals surface area (Å²) < 4.78 is 0. The van der Waals surface area contributed by atoms with Gasteiger partial charge in [0.2, 0.25) is 0 Å². The number of nitrogens with one attached hydrogen (secondary N) is 1. The summed E-state index contributed by atoms with van der Waals surface area (Å²) in [5.41, 5.74) is 0.475. The molecule has 0 saturated heterocycles. The molecule has 4 fully saturated rings. The molecule has 1 heterocycles. The highest BCUT2D eigenvalue weighted by Gasteiger charge is 2.48. The minimum Gasteiger partial charge on any atom is -0.390 e. The Bertz CT molecular complexity index is 672. The zero-order chi connectivity index (χ0) is 17.7. The number of carbonyl (C=O) groups is 1. The van der Waals surface area contributed by atoms with E-state index in [9.17, 15) is 9.90 Å². The Morgan fingerprint density at radius 3 is 2.32 bits per heavy atom. The van der Waals surface area contributed by atoms with Crippen molar-refractivity contribution in [2.45, 2.75) is 89.2 Å². The van der Waals surface area contributed by atoms with Crippen LogP contribution in [0, 0.1) is 5.41 Å². The number of rotatable bonds is 5. The molecule has 5 rings (SSSR count). The lowest BCUT2D eigenvalue weighted by Gasteiger charge is -2.51. The first-order valence-corrected chi connectivity index (χ1v) is 9.68. The van der Waals surface area contributed by atoms with Gasteiger partial charge in [-0.3, -0.25) is 4.79 Å². The topological polar surface area (TPSA) is 75.1 Å². The molecule has 0 aliphatic heterocycles. The van der Waals surface area contributed by atoms with Gasteiger partial charge < -0.3 is 10.4 Å². The van der Waals surface area contributed by atoms with Gasteiger partial charge in [-0.1, -0.05) is 0 Å². The molecular formula is C20H29N3O2. The minimum absolute atomic E-state index is 0.00975. The molecular weight excluding hydrogens is 314 g/mol. The molecule has 4 aliphatic rings. The summed E-state index contributed by atoms with van der Waals surface area (Å²) in [4.78, 5) is 21.3. The fourth-order valence-corrected chi connectivity index (χ4v) is 4.82. The Morgan fingerprint density at radius 1 is 1.16 bits per heavy atom. The van der Waals surface area contributed by atoms with Crippen molar-refractivity contribution >= 4 is 11.6 Å². The summed E-state index contributed by atoms with van der Waals surface area (Å²) >= 11 is 0. The standard InChI is InChI=1S/C20H29N3O2/c1-14(24)15-13-21-16(22-17(15)23-18(2)4-3-5-18)12-19-6-9-20(25,10-7-19)11-8-19/h13,25H,3-12H2,1-2H3,(H,21,22,23). The lowest BCUT2D eigenvalue weighted by Crippen LogP contribution is -2.47. The fraction of sp³-hybridized carbons (Fsp3) is 0.750. The summed E-state index contributed by atoms with van der Waals surface area (Å²) in [6.45, 7) is 3.78. The lowest BCUT2D eigenvalue weighted by atomic mass is 9.57. The second-order valence-electron chi connectivity index (χ2n) is 9.05. The number of carbonyl (C=O) groups excluding carboxylic acids is 1. The predicted octanol–water partition coefficient (Wildman–Crippen LogP) is 3.66. The van der Waals surface area contributed by atoms with Crippen LogP contribution < -0.4 is 5.32 Å². The molecule has 0 amide bonds. The number of hydrogen-bond donors (Lipinski definition) is 2. The zero-order valence-electron chi connectivity index (χ0n) is 15.4. The van der Waals surface area contributed by atoms with Crippen molar-refractivity contribution in [3.63, 3.8) is 0 Å². The van der Waals surface area contributed by atoms with Crippen molar-refractivity contribution < 1.29 is 9.90 Å². The third kappa shape index (κ3) is 3.19. The number of ketones is 1. The maximum absolute atomic E-state index is 12.0. The van der Waals surface area contributed by atoms with Gasteiger partial charge in [-0.25, -0.2) is 9.97 Å². The van der Waals surface area contributed by atoms with Crippen LogP contribution in [-0.4, -0.2) is 32.0 Å². The minimum atomic E-state index is -0.410. The Balaban J connectivity index is 1.57. The summed E-state index contributed by atoms with van der Waals surface area (Å²) in [6.07, 6.45) is 11.9. The molecule has 5 nitrogen and oxygen atoms in total. The van der Waals surface area contributed by atoms with Gasteiger partial charge in [-0.15, -0.1) is 0 Å². The maximum atomic E-state index is 12.0. The number of aromatic nitrogens is 2. The molecule has 0 atom stereocenters. The molecule has 0 spiro atoms. The maximum Gasteiger partial charge on any atom is 0.165 e. The van der Waals surface area contributed by atoms with E-state index in [1.807, 2.05) is 0 Å². The van der Waals surface area contributed by atoms with Crippen LogP contribution in [0.15, 0.2) is 6.20 Å². The first kappa shape index (κ1) is 17.0. The van der Waals surface area contributed by atoms with E-state index in [-0.39, 0.29) is 16.7 Å². The largest absolute Gasteiger partial charge is 0.390 e. The van der Waals surface area contributed by atoms with Crippen LogP contribution in [0.1, 0.15) is 87.8 Å². The molecule has 2 N–H and O–H groups in total.